The average Bonchev–Trinajstić information content (AvgIpc) is 2.82. The van der Waals surface area contributed by atoms with Crippen molar-refractivity contribution in [1.82, 2.24) is 0 Å². The van der Waals surface area contributed by atoms with E-state index in [1.165, 1.54) is 6.07 Å². The molecule has 2 N–H and O–H groups in total. The predicted octanol–water partition coefficient (Wildman–Crippen LogP) is 3.65. The zero-order valence-corrected chi connectivity index (χ0v) is 11.3. The number of amides is 1. The summed E-state index contributed by atoms with van der Waals surface area (Å²) in [5.74, 6) is -1.24. The van der Waals surface area contributed by atoms with Gasteiger partial charge < -0.3 is 14.8 Å². The van der Waals surface area contributed by atoms with Crippen LogP contribution in [-0.4, -0.2) is 17.0 Å². The molecular weight excluding hydrogens is 258 g/mol. The molecule has 0 unspecified atom stereocenters. The molecule has 2 rings (SSSR count). The van der Waals surface area contributed by atoms with Crippen LogP contribution in [0, 0.1) is 0 Å². The third kappa shape index (κ3) is 3.38. The van der Waals surface area contributed by atoms with E-state index in [0.29, 0.717) is 23.1 Å². The number of rotatable bonds is 6. The second kappa shape index (κ2) is 6.23. The summed E-state index contributed by atoms with van der Waals surface area (Å²) in [4.78, 5) is 22.5. The van der Waals surface area contributed by atoms with Crippen molar-refractivity contribution < 1.29 is 19.1 Å². The van der Waals surface area contributed by atoms with Crippen LogP contribution in [-0.2, 0) is 4.79 Å². The Morgan fingerprint density at radius 3 is 2.75 bits per heavy atom. The number of fused-ring (bicyclic) bond motifs is 1. The van der Waals surface area contributed by atoms with Gasteiger partial charge in [-0.1, -0.05) is 19.8 Å². The lowest BCUT2D eigenvalue weighted by atomic mass is 10.2. The number of carboxylic acids is 1. The van der Waals surface area contributed by atoms with Crippen LogP contribution in [0.1, 0.15) is 43.2 Å². The topological polar surface area (TPSA) is 79.5 Å². The first-order chi connectivity index (χ1) is 9.60. The lowest BCUT2D eigenvalue weighted by molar-refractivity contribution is -0.116. The van der Waals surface area contributed by atoms with Gasteiger partial charge in [0.15, 0.2) is 0 Å². The normalized spacial score (nSPS) is 10.7. The van der Waals surface area contributed by atoms with E-state index in [4.69, 9.17) is 9.52 Å². The number of unbranched alkanes of at least 4 members (excludes halogenated alkanes) is 2. The van der Waals surface area contributed by atoms with Crippen molar-refractivity contribution in [3.8, 4) is 0 Å². The Hall–Kier alpha value is -2.30. The van der Waals surface area contributed by atoms with Crippen molar-refractivity contribution in [2.75, 3.05) is 5.32 Å². The van der Waals surface area contributed by atoms with Gasteiger partial charge in [-0.15, -0.1) is 0 Å². The van der Waals surface area contributed by atoms with Gasteiger partial charge in [0.05, 0.1) is 0 Å². The van der Waals surface area contributed by atoms with Crippen molar-refractivity contribution in [2.45, 2.75) is 32.6 Å². The molecule has 1 amide bonds. The van der Waals surface area contributed by atoms with E-state index in [9.17, 15) is 9.59 Å². The first-order valence-electron chi connectivity index (χ1n) is 6.67. The minimum atomic E-state index is -1.11. The van der Waals surface area contributed by atoms with Gasteiger partial charge in [0.2, 0.25) is 11.7 Å². The Morgan fingerprint density at radius 2 is 2.05 bits per heavy atom. The number of aromatic carboxylic acids is 1. The number of carbonyl (C=O) groups is 2. The number of carbonyl (C=O) groups excluding carboxylic acids is 1. The smallest absolute Gasteiger partial charge is 0.371 e. The summed E-state index contributed by atoms with van der Waals surface area (Å²) >= 11 is 0. The summed E-state index contributed by atoms with van der Waals surface area (Å²) in [5, 5.41) is 12.3. The second-order valence-electron chi connectivity index (χ2n) is 4.67. The van der Waals surface area contributed by atoms with Crippen LogP contribution in [0.15, 0.2) is 28.7 Å². The lowest BCUT2D eigenvalue weighted by Gasteiger charge is -2.04. The summed E-state index contributed by atoms with van der Waals surface area (Å²) in [6.45, 7) is 2.09. The average molecular weight is 275 g/mol. The van der Waals surface area contributed by atoms with Crippen LogP contribution >= 0.6 is 0 Å². The number of hydrogen-bond acceptors (Lipinski definition) is 3. The monoisotopic (exact) mass is 275 g/mol. The number of benzene rings is 1. The minimum absolute atomic E-state index is 0.0280. The molecule has 0 aliphatic rings. The van der Waals surface area contributed by atoms with Gasteiger partial charge in [-0.3, -0.25) is 4.79 Å². The largest absolute Gasteiger partial charge is 0.475 e. The van der Waals surface area contributed by atoms with Crippen LogP contribution < -0.4 is 5.32 Å². The third-order valence-corrected chi connectivity index (χ3v) is 3.02. The van der Waals surface area contributed by atoms with E-state index >= 15 is 0 Å². The first kappa shape index (κ1) is 14.1. The summed E-state index contributed by atoms with van der Waals surface area (Å²) in [7, 11) is 0. The van der Waals surface area contributed by atoms with Crippen molar-refractivity contribution in [2.24, 2.45) is 0 Å². The van der Waals surface area contributed by atoms with Gasteiger partial charge in [-0.25, -0.2) is 4.79 Å². The molecule has 0 spiro atoms. The molecule has 20 heavy (non-hydrogen) atoms. The van der Waals surface area contributed by atoms with E-state index < -0.39 is 5.97 Å². The lowest BCUT2D eigenvalue weighted by Crippen LogP contribution is -2.10. The van der Waals surface area contributed by atoms with E-state index in [1.807, 2.05) is 0 Å². The molecule has 0 radical (unpaired) electrons. The molecule has 0 atom stereocenters. The van der Waals surface area contributed by atoms with Crippen molar-refractivity contribution in [3.05, 3.63) is 30.0 Å². The Kier molecular flexibility index (Phi) is 4.40. The summed E-state index contributed by atoms with van der Waals surface area (Å²) < 4.78 is 5.16. The van der Waals surface area contributed by atoms with E-state index in [1.54, 1.807) is 18.2 Å². The maximum atomic E-state index is 11.7. The molecule has 1 heterocycles. The molecule has 2 aromatic rings. The summed E-state index contributed by atoms with van der Waals surface area (Å²) in [6, 6.07) is 6.52. The van der Waals surface area contributed by atoms with Crippen LogP contribution in [0.3, 0.4) is 0 Å². The number of nitrogens with one attached hydrogen (secondary N) is 1. The van der Waals surface area contributed by atoms with Crippen LogP contribution in [0.4, 0.5) is 5.69 Å². The Morgan fingerprint density at radius 1 is 1.25 bits per heavy atom. The highest BCUT2D eigenvalue weighted by molar-refractivity contribution is 5.95. The molecule has 0 saturated heterocycles. The molecule has 0 bridgehead atoms. The SMILES string of the molecule is CCCCCC(=O)Nc1ccc2oc(C(=O)O)cc2c1. The van der Waals surface area contributed by atoms with Gasteiger partial charge in [0.25, 0.3) is 0 Å². The van der Waals surface area contributed by atoms with Gasteiger partial charge in [-0.05, 0) is 30.7 Å². The maximum absolute atomic E-state index is 11.7. The molecule has 0 aliphatic carbocycles. The second-order valence-corrected chi connectivity index (χ2v) is 4.67. The number of carboxylic acid groups (broad SMARTS) is 1. The molecule has 5 heteroatoms. The fourth-order valence-corrected chi connectivity index (χ4v) is 1.99. The van der Waals surface area contributed by atoms with Crippen LogP contribution in [0.5, 0.6) is 0 Å². The van der Waals surface area contributed by atoms with Gasteiger partial charge >= 0.3 is 5.97 Å². The molecule has 0 fully saturated rings. The predicted molar refractivity (Wildman–Crippen MR) is 75.9 cm³/mol. The number of anilines is 1. The maximum Gasteiger partial charge on any atom is 0.371 e. The number of furan rings is 1. The highest BCUT2D eigenvalue weighted by Gasteiger charge is 2.11. The van der Waals surface area contributed by atoms with Crippen molar-refractivity contribution >= 4 is 28.5 Å². The van der Waals surface area contributed by atoms with Gasteiger partial charge in [0, 0.05) is 17.5 Å². The van der Waals surface area contributed by atoms with Crippen molar-refractivity contribution in [1.29, 1.82) is 0 Å². The first-order valence-corrected chi connectivity index (χ1v) is 6.67. The van der Waals surface area contributed by atoms with Crippen molar-refractivity contribution in [3.63, 3.8) is 0 Å². The third-order valence-electron chi connectivity index (χ3n) is 3.02. The van der Waals surface area contributed by atoms with Crippen LogP contribution in [0.25, 0.3) is 11.0 Å². The van der Waals surface area contributed by atoms with E-state index in [2.05, 4.69) is 12.2 Å². The molecular formula is C15H17NO4. The van der Waals surface area contributed by atoms with Gasteiger partial charge in [0.1, 0.15) is 5.58 Å². The molecule has 1 aromatic carbocycles. The molecule has 106 valence electrons. The standard InChI is InChI=1S/C15H17NO4/c1-2-3-4-5-14(17)16-11-6-7-12-10(8-11)9-13(20-12)15(18)19/h6-9H,2-5H2,1H3,(H,16,17)(H,18,19). The molecule has 0 saturated carbocycles. The quantitative estimate of drug-likeness (QED) is 0.788. The molecule has 1 aromatic heterocycles. The molecule has 5 nitrogen and oxygen atoms in total. The fourth-order valence-electron chi connectivity index (χ4n) is 1.99. The van der Waals surface area contributed by atoms with Gasteiger partial charge in [-0.2, -0.15) is 0 Å². The minimum Gasteiger partial charge on any atom is -0.475 e. The zero-order valence-electron chi connectivity index (χ0n) is 11.3. The Labute approximate surface area is 116 Å². The Balaban J connectivity index is 2.07. The fraction of sp³-hybridized carbons (Fsp3) is 0.333. The van der Waals surface area contributed by atoms with E-state index in [0.717, 1.165) is 19.3 Å². The number of hydrogen-bond donors (Lipinski definition) is 2. The zero-order chi connectivity index (χ0) is 14.5. The Bertz CT molecular complexity index is 630. The summed E-state index contributed by atoms with van der Waals surface area (Å²) in [5.41, 5.74) is 1.14. The highest BCUT2D eigenvalue weighted by Crippen LogP contribution is 2.23. The highest BCUT2D eigenvalue weighted by atomic mass is 16.4. The van der Waals surface area contributed by atoms with Crippen LogP contribution in [0.2, 0.25) is 0 Å². The molecule has 0 aliphatic heterocycles. The summed E-state index contributed by atoms with van der Waals surface area (Å²) in [6.07, 6.45) is 3.49. The van der Waals surface area contributed by atoms with E-state index in [-0.39, 0.29) is 11.7 Å².